The Hall–Kier alpha value is -0.230. The summed E-state index contributed by atoms with van der Waals surface area (Å²) in [7, 11) is -5.42. The second kappa shape index (κ2) is 1.63. The van der Waals surface area contributed by atoms with Gasteiger partial charge >= 0.3 is 5.25 Å². The molecule has 0 aromatic heterocycles. The van der Waals surface area contributed by atoms with Crippen LogP contribution in [0.5, 0.6) is 0 Å². The Morgan fingerprint density at radius 2 is 1.62 bits per heavy atom. The Morgan fingerprint density at radius 3 is 1.62 bits per heavy atom. The van der Waals surface area contributed by atoms with E-state index in [-0.39, 0.29) is 6.92 Å². The van der Waals surface area contributed by atoms with Crippen LogP contribution < -0.4 is 0 Å². The molecule has 0 aliphatic rings. The van der Waals surface area contributed by atoms with Crippen LogP contribution in [0.1, 0.15) is 6.92 Å². The van der Waals surface area contributed by atoms with Crippen LogP contribution in [0.3, 0.4) is 0 Å². The Morgan fingerprint density at radius 1 is 1.50 bits per heavy atom. The van der Waals surface area contributed by atoms with Crippen molar-refractivity contribution in [3.05, 3.63) is 0 Å². The first-order valence-electron chi connectivity index (χ1n) is 1.58. The van der Waals surface area contributed by atoms with E-state index in [0.717, 1.165) is 0 Å². The Kier molecular flexibility index (Phi) is 1.58. The van der Waals surface area contributed by atoms with E-state index in [9.17, 15) is 21.8 Å². The molecule has 0 fully saturated rings. The standard InChI is InChI=1S/C2H4F2O3S/c1-2(3,4)8(5,6)7/h1H3,(H,5,6,7)/p-1. The predicted molar refractivity (Wildman–Crippen MR) is 20.3 cm³/mol. The predicted octanol–water partition coefficient (Wildman–Crippen LogP) is 0.144. The molecule has 50 valence electrons. The van der Waals surface area contributed by atoms with Crippen molar-refractivity contribution in [2.75, 3.05) is 0 Å². The van der Waals surface area contributed by atoms with Gasteiger partial charge in [-0.3, -0.25) is 0 Å². The Bertz CT molecular complexity index is 164. The van der Waals surface area contributed by atoms with Gasteiger partial charge in [0.25, 0.3) is 0 Å². The molecular formula is C2H3F2O3S-. The fraction of sp³-hybridized carbons (Fsp3) is 1.00. The molecule has 0 aromatic rings. The van der Waals surface area contributed by atoms with Crippen LogP contribution in [0.2, 0.25) is 0 Å². The van der Waals surface area contributed by atoms with Crippen LogP contribution in [0.4, 0.5) is 8.78 Å². The van der Waals surface area contributed by atoms with Gasteiger partial charge in [-0.15, -0.1) is 0 Å². The van der Waals surface area contributed by atoms with Crippen molar-refractivity contribution in [1.82, 2.24) is 0 Å². The van der Waals surface area contributed by atoms with Crippen LogP contribution >= 0.6 is 0 Å². The summed E-state index contributed by atoms with van der Waals surface area (Å²) in [5.41, 5.74) is 0. The van der Waals surface area contributed by atoms with Gasteiger partial charge in [0, 0.05) is 6.92 Å². The van der Waals surface area contributed by atoms with E-state index in [0.29, 0.717) is 0 Å². The normalized spacial score (nSPS) is 14.0. The van der Waals surface area contributed by atoms with Crippen LogP contribution in [-0.4, -0.2) is 18.2 Å². The SMILES string of the molecule is CC(F)(F)S(=O)(=O)[O-]. The fourth-order valence-electron chi connectivity index (χ4n) is 0. The van der Waals surface area contributed by atoms with E-state index >= 15 is 0 Å². The van der Waals surface area contributed by atoms with Gasteiger partial charge in [0.05, 0.1) is 0 Å². The van der Waals surface area contributed by atoms with Crippen LogP contribution in [-0.2, 0) is 10.1 Å². The van der Waals surface area contributed by atoms with Crippen LogP contribution in [0.15, 0.2) is 0 Å². The molecule has 8 heavy (non-hydrogen) atoms. The minimum atomic E-state index is -5.42. The maximum Gasteiger partial charge on any atom is 0.331 e. The summed E-state index contributed by atoms with van der Waals surface area (Å²) in [4.78, 5) is 0. The van der Waals surface area contributed by atoms with E-state index in [2.05, 4.69) is 0 Å². The van der Waals surface area contributed by atoms with Crippen LogP contribution in [0, 0.1) is 0 Å². The molecule has 0 heterocycles. The highest BCUT2D eigenvalue weighted by Crippen LogP contribution is 2.17. The van der Waals surface area contributed by atoms with Gasteiger partial charge in [-0.25, -0.2) is 8.42 Å². The average molecular weight is 145 g/mol. The summed E-state index contributed by atoms with van der Waals surface area (Å²) in [6.45, 7) is 0.0370. The zero-order valence-electron chi connectivity index (χ0n) is 3.89. The van der Waals surface area contributed by atoms with Crippen molar-refractivity contribution in [1.29, 1.82) is 0 Å². The van der Waals surface area contributed by atoms with Gasteiger partial charge in [0.15, 0.2) is 10.1 Å². The second-order valence-electron chi connectivity index (χ2n) is 1.26. The smallest absolute Gasteiger partial charge is 0.331 e. The summed E-state index contributed by atoms with van der Waals surface area (Å²) in [6.07, 6.45) is 0. The molecular weight excluding hydrogens is 142 g/mol. The highest BCUT2D eigenvalue weighted by atomic mass is 32.2. The highest BCUT2D eigenvalue weighted by Gasteiger charge is 2.29. The molecule has 0 bridgehead atoms. The third kappa shape index (κ3) is 1.71. The molecule has 0 saturated heterocycles. The summed E-state index contributed by atoms with van der Waals surface area (Å²) >= 11 is 0. The first kappa shape index (κ1) is 7.77. The van der Waals surface area contributed by atoms with E-state index in [1.807, 2.05) is 0 Å². The maximum absolute atomic E-state index is 11.3. The lowest BCUT2D eigenvalue weighted by atomic mass is 10.9. The monoisotopic (exact) mass is 145 g/mol. The lowest BCUT2D eigenvalue weighted by molar-refractivity contribution is 0.100. The van der Waals surface area contributed by atoms with E-state index in [4.69, 9.17) is 0 Å². The quantitative estimate of drug-likeness (QED) is 0.493. The number of alkyl halides is 2. The van der Waals surface area contributed by atoms with E-state index < -0.39 is 15.4 Å². The van der Waals surface area contributed by atoms with Crippen molar-refractivity contribution >= 4 is 10.1 Å². The van der Waals surface area contributed by atoms with Crippen molar-refractivity contribution in [2.45, 2.75) is 12.2 Å². The van der Waals surface area contributed by atoms with Gasteiger partial charge in [-0.2, -0.15) is 8.78 Å². The maximum atomic E-state index is 11.3. The van der Waals surface area contributed by atoms with Crippen molar-refractivity contribution < 1.29 is 21.8 Å². The number of rotatable bonds is 1. The van der Waals surface area contributed by atoms with Gasteiger partial charge in [-0.05, 0) is 0 Å². The first-order chi connectivity index (χ1) is 3.25. The van der Waals surface area contributed by atoms with Gasteiger partial charge in [-0.1, -0.05) is 0 Å². The highest BCUT2D eigenvalue weighted by molar-refractivity contribution is 7.86. The van der Waals surface area contributed by atoms with Gasteiger partial charge in [0.2, 0.25) is 0 Å². The molecule has 0 atom stereocenters. The molecule has 0 radical (unpaired) electrons. The molecule has 3 nitrogen and oxygen atoms in total. The lowest BCUT2D eigenvalue weighted by Gasteiger charge is -2.13. The Labute approximate surface area is 45.1 Å². The van der Waals surface area contributed by atoms with Gasteiger partial charge in [0.1, 0.15) is 0 Å². The average Bonchev–Trinajstić information content (AvgIpc) is 1.25. The third-order valence-corrected chi connectivity index (χ3v) is 1.32. The molecule has 0 saturated carbocycles. The molecule has 6 heteroatoms. The third-order valence-electron chi connectivity index (χ3n) is 0.439. The minimum Gasteiger partial charge on any atom is -0.743 e. The molecule has 0 spiro atoms. The van der Waals surface area contributed by atoms with Crippen molar-refractivity contribution in [3.8, 4) is 0 Å². The molecule has 0 N–H and O–H groups in total. The molecule has 0 aliphatic heterocycles. The number of hydrogen-bond donors (Lipinski definition) is 0. The van der Waals surface area contributed by atoms with E-state index in [1.165, 1.54) is 0 Å². The summed E-state index contributed by atoms with van der Waals surface area (Å²) in [5.74, 6) is 0. The van der Waals surface area contributed by atoms with Gasteiger partial charge < -0.3 is 4.55 Å². The minimum absolute atomic E-state index is 0.0370. The largest absolute Gasteiger partial charge is 0.743 e. The first-order valence-corrected chi connectivity index (χ1v) is 2.99. The topological polar surface area (TPSA) is 57.2 Å². The molecule has 0 rings (SSSR count). The summed E-state index contributed by atoms with van der Waals surface area (Å²) in [6, 6.07) is 0. The lowest BCUT2D eigenvalue weighted by Crippen LogP contribution is -2.23. The molecule has 0 aromatic carbocycles. The summed E-state index contributed by atoms with van der Waals surface area (Å²) < 4.78 is 50.7. The van der Waals surface area contributed by atoms with Crippen LogP contribution in [0.25, 0.3) is 0 Å². The zero-order chi connectivity index (χ0) is 7.00. The molecule has 0 aliphatic carbocycles. The van der Waals surface area contributed by atoms with Crippen molar-refractivity contribution in [2.24, 2.45) is 0 Å². The van der Waals surface area contributed by atoms with E-state index in [1.54, 1.807) is 0 Å². The zero-order valence-corrected chi connectivity index (χ0v) is 4.71. The summed E-state index contributed by atoms with van der Waals surface area (Å²) in [5, 5.41) is -4.15. The molecule has 0 unspecified atom stereocenters. The number of hydrogen-bond acceptors (Lipinski definition) is 3. The Balaban J connectivity index is 4.53. The number of halogens is 2. The van der Waals surface area contributed by atoms with Crippen molar-refractivity contribution in [3.63, 3.8) is 0 Å². The molecule has 0 amide bonds. The second-order valence-corrected chi connectivity index (χ2v) is 2.89. The fourth-order valence-corrected chi connectivity index (χ4v) is 0.